The van der Waals surface area contributed by atoms with E-state index in [4.69, 9.17) is 5.73 Å². The van der Waals surface area contributed by atoms with Crippen LogP contribution in [0.1, 0.15) is 50.1 Å². The Morgan fingerprint density at radius 2 is 2.05 bits per heavy atom. The maximum atomic E-state index is 5.76. The van der Waals surface area contributed by atoms with Gasteiger partial charge in [-0.15, -0.1) is 10.2 Å². The summed E-state index contributed by atoms with van der Waals surface area (Å²) >= 11 is 0. The predicted octanol–water partition coefficient (Wildman–Crippen LogP) is 1.66. The molecule has 2 N–H and O–H groups in total. The molecule has 0 aromatic carbocycles. The molecule has 0 saturated carbocycles. The Hall–Kier alpha value is -2.18. The number of aryl methyl sites for hydroxylation is 1. The highest BCUT2D eigenvalue weighted by Crippen LogP contribution is 2.28. The molecule has 0 fully saturated rings. The summed E-state index contributed by atoms with van der Waals surface area (Å²) in [4.78, 5) is 10.7. The molecular formula is C14H21N7. The lowest BCUT2D eigenvalue weighted by molar-refractivity contribution is 0.441. The van der Waals surface area contributed by atoms with Crippen molar-refractivity contribution < 1.29 is 0 Å². The van der Waals surface area contributed by atoms with Crippen molar-refractivity contribution in [2.45, 2.75) is 46.2 Å². The Bertz CT molecular complexity index is 641. The molecule has 1 aliphatic heterocycles. The van der Waals surface area contributed by atoms with Crippen molar-refractivity contribution in [2.75, 3.05) is 17.2 Å². The van der Waals surface area contributed by atoms with Gasteiger partial charge in [0.15, 0.2) is 5.82 Å². The fraction of sp³-hybridized carbons (Fsp3) is 0.571. The second kappa shape index (κ2) is 4.98. The van der Waals surface area contributed by atoms with E-state index >= 15 is 0 Å². The Morgan fingerprint density at radius 1 is 1.29 bits per heavy atom. The first-order valence-electron chi connectivity index (χ1n) is 7.25. The van der Waals surface area contributed by atoms with E-state index in [1.165, 1.54) is 0 Å². The van der Waals surface area contributed by atoms with Gasteiger partial charge < -0.3 is 15.2 Å². The summed E-state index contributed by atoms with van der Waals surface area (Å²) < 4.78 is 2.25. The van der Waals surface area contributed by atoms with E-state index in [1.54, 1.807) is 0 Å². The second-order valence-corrected chi connectivity index (χ2v) is 5.95. The first-order chi connectivity index (χ1) is 9.95. The molecule has 112 valence electrons. The van der Waals surface area contributed by atoms with Gasteiger partial charge in [-0.05, 0) is 13.8 Å². The lowest BCUT2D eigenvalue weighted by atomic mass is 10.1. The smallest absolute Gasteiger partial charge is 0.222 e. The number of aromatic nitrogens is 5. The standard InChI is InChI=1S/C14H21N7/c1-8(2)13-19-18-12-7-20(6-10(4)21(12)13)11-5-9(3)16-14(15)17-11/h5,8,10H,6-7H2,1-4H3,(H2,15,16,17)/t10-/m0/s1. The summed E-state index contributed by atoms with van der Waals surface area (Å²) in [6.07, 6.45) is 0. The maximum Gasteiger partial charge on any atom is 0.222 e. The minimum Gasteiger partial charge on any atom is -0.368 e. The van der Waals surface area contributed by atoms with E-state index in [-0.39, 0.29) is 0 Å². The zero-order valence-electron chi connectivity index (χ0n) is 12.9. The van der Waals surface area contributed by atoms with Gasteiger partial charge in [0.1, 0.15) is 11.6 Å². The number of anilines is 2. The SMILES string of the molecule is Cc1cc(N2Cc3nnc(C(C)C)n3[C@@H](C)C2)nc(N)n1. The van der Waals surface area contributed by atoms with E-state index in [2.05, 4.69) is 50.4 Å². The molecule has 21 heavy (non-hydrogen) atoms. The van der Waals surface area contributed by atoms with Crippen molar-refractivity contribution in [3.05, 3.63) is 23.4 Å². The third-order valence-corrected chi connectivity index (χ3v) is 3.75. The second-order valence-electron chi connectivity index (χ2n) is 5.95. The lowest BCUT2D eigenvalue weighted by Gasteiger charge is -2.33. The minimum atomic E-state index is 0.303. The number of rotatable bonds is 2. The Morgan fingerprint density at radius 3 is 2.71 bits per heavy atom. The van der Waals surface area contributed by atoms with Crippen LogP contribution in [0.25, 0.3) is 0 Å². The number of nitrogens with zero attached hydrogens (tertiary/aromatic N) is 6. The lowest BCUT2D eigenvalue weighted by Crippen LogP contribution is -2.37. The average molecular weight is 287 g/mol. The fourth-order valence-electron chi connectivity index (χ4n) is 2.87. The molecule has 7 heteroatoms. The summed E-state index contributed by atoms with van der Waals surface area (Å²) in [7, 11) is 0. The summed E-state index contributed by atoms with van der Waals surface area (Å²) in [6.45, 7) is 9.95. The summed E-state index contributed by atoms with van der Waals surface area (Å²) in [5, 5.41) is 8.69. The molecule has 0 spiro atoms. The normalized spacial score (nSPS) is 18.1. The first-order valence-corrected chi connectivity index (χ1v) is 7.25. The molecule has 2 aromatic heterocycles. The van der Waals surface area contributed by atoms with Gasteiger partial charge in [-0.1, -0.05) is 13.8 Å². The van der Waals surface area contributed by atoms with E-state index in [0.717, 1.165) is 29.7 Å². The number of hydrogen-bond donors (Lipinski definition) is 1. The van der Waals surface area contributed by atoms with Gasteiger partial charge in [0.05, 0.1) is 12.6 Å². The van der Waals surface area contributed by atoms with Crippen molar-refractivity contribution in [1.29, 1.82) is 0 Å². The van der Waals surface area contributed by atoms with Gasteiger partial charge in [0, 0.05) is 24.2 Å². The molecule has 0 unspecified atom stereocenters. The maximum absolute atomic E-state index is 5.76. The van der Waals surface area contributed by atoms with Crippen LogP contribution in [0.5, 0.6) is 0 Å². The molecule has 2 aromatic rings. The van der Waals surface area contributed by atoms with Crippen LogP contribution in [-0.2, 0) is 6.54 Å². The fourth-order valence-corrected chi connectivity index (χ4v) is 2.87. The Labute approximate surface area is 124 Å². The van der Waals surface area contributed by atoms with Crippen LogP contribution < -0.4 is 10.6 Å². The van der Waals surface area contributed by atoms with E-state index in [9.17, 15) is 0 Å². The van der Waals surface area contributed by atoms with Crippen LogP contribution in [0.3, 0.4) is 0 Å². The number of hydrogen-bond acceptors (Lipinski definition) is 6. The van der Waals surface area contributed by atoms with Gasteiger partial charge in [-0.3, -0.25) is 0 Å². The van der Waals surface area contributed by atoms with E-state index in [1.807, 2.05) is 13.0 Å². The van der Waals surface area contributed by atoms with Crippen LogP contribution in [0.4, 0.5) is 11.8 Å². The molecule has 0 amide bonds. The molecule has 3 rings (SSSR count). The molecule has 7 nitrogen and oxygen atoms in total. The van der Waals surface area contributed by atoms with Crippen LogP contribution in [0, 0.1) is 6.92 Å². The minimum absolute atomic E-state index is 0.303. The predicted molar refractivity (Wildman–Crippen MR) is 81.1 cm³/mol. The first kappa shape index (κ1) is 13.8. The van der Waals surface area contributed by atoms with Crippen molar-refractivity contribution in [3.63, 3.8) is 0 Å². The van der Waals surface area contributed by atoms with Crippen LogP contribution >= 0.6 is 0 Å². The monoisotopic (exact) mass is 287 g/mol. The molecule has 0 saturated heterocycles. The zero-order chi connectivity index (χ0) is 15.1. The third-order valence-electron chi connectivity index (χ3n) is 3.75. The van der Waals surface area contributed by atoms with Gasteiger partial charge in [0.2, 0.25) is 5.95 Å². The number of nitrogens with two attached hydrogens (primary N) is 1. The Kier molecular flexibility index (Phi) is 3.27. The van der Waals surface area contributed by atoms with Crippen LogP contribution in [-0.4, -0.2) is 31.3 Å². The van der Waals surface area contributed by atoms with Crippen molar-refractivity contribution in [3.8, 4) is 0 Å². The highest BCUT2D eigenvalue weighted by molar-refractivity contribution is 5.44. The van der Waals surface area contributed by atoms with E-state index in [0.29, 0.717) is 24.5 Å². The van der Waals surface area contributed by atoms with Crippen LogP contribution in [0.15, 0.2) is 6.07 Å². The van der Waals surface area contributed by atoms with Gasteiger partial charge in [-0.2, -0.15) is 4.98 Å². The highest BCUT2D eigenvalue weighted by atomic mass is 15.4. The largest absolute Gasteiger partial charge is 0.368 e. The summed E-state index contributed by atoms with van der Waals surface area (Å²) in [5.41, 5.74) is 6.63. The zero-order valence-corrected chi connectivity index (χ0v) is 12.9. The van der Waals surface area contributed by atoms with Crippen LogP contribution in [0.2, 0.25) is 0 Å². The topological polar surface area (TPSA) is 85.8 Å². The van der Waals surface area contributed by atoms with Gasteiger partial charge >= 0.3 is 0 Å². The summed E-state index contributed by atoms with van der Waals surface area (Å²) in [6, 6.07) is 2.26. The quantitative estimate of drug-likeness (QED) is 0.904. The number of fused-ring (bicyclic) bond motifs is 1. The number of nitrogen functional groups attached to an aromatic ring is 1. The van der Waals surface area contributed by atoms with Crippen molar-refractivity contribution in [2.24, 2.45) is 0 Å². The molecule has 0 aliphatic carbocycles. The molecule has 0 bridgehead atoms. The van der Waals surface area contributed by atoms with Crippen molar-refractivity contribution in [1.82, 2.24) is 24.7 Å². The van der Waals surface area contributed by atoms with Crippen molar-refractivity contribution >= 4 is 11.8 Å². The van der Waals surface area contributed by atoms with E-state index < -0.39 is 0 Å². The third kappa shape index (κ3) is 2.43. The molecule has 1 aliphatic rings. The molecule has 1 atom stereocenters. The Balaban J connectivity index is 1.95. The summed E-state index contributed by atoms with van der Waals surface area (Å²) in [5.74, 6) is 3.57. The molecule has 3 heterocycles. The molecule has 0 radical (unpaired) electrons. The molecular weight excluding hydrogens is 266 g/mol. The average Bonchev–Trinajstić information content (AvgIpc) is 2.82. The highest BCUT2D eigenvalue weighted by Gasteiger charge is 2.28. The van der Waals surface area contributed by atoms with Gasteiger partial charge in [0.25, 0.3) is 0 Å². The van der Waals surface area contributed by atoms with Gasteiger partial charge in [-0.25, -0.2) is 4.98 Å².